The average molecular weight is 356 g/mol. The quantitative estimate of drug-likeness (QED) is 0.497. The van der Waals surface area contributed by atoms with Gasteiger partial charge in [0.25, 0.3) is 0 Å². The highest BCUT2D eigenvalue weighted by Crippen LogP contribution is 2.25. The molecule has 0 amide bonds. The van der Waals surface area contributed by atoms with Crippen molar-refractivity contribution in [1.82, 2.24) is 20.2 Å². The van der Waals surface area contributed by atoms with E-state index in [1.165, 1.54) is 34.1 Å². The smallest absolute Gasteiger partial charge is 0.214 e. The number of benzene rings is 2. The summed E-state index contributed by atoms with van der Waals surface area (Å²) < 4.78 is 14.9. The molecule has 0 bridgehead atoms. The molecule has 1 atom stereocenters. The third kappa shape index (κ3) is 3.93. The zero-order chi connectivity index (χ0) is 17.8. The lowest BCUT2D eigenvalue weighted by atomic mass is 10.1. The summed E-state index contributed by atoms with van der Waals surface area (Å²) in [5, 5.41) is 11.6. The first-order valence-electron chi connectivity index (χ1n) is 7.92. The zero-order valence-corrected chi connectivity index (χ0v) is 14.7. The van der Waals surface area contributed by atoms with E-state index in [1.54, 1.807) is 12.1 Å². The molecule has 7 heteroatoms. The summed E-state index contributed by atoms with van der Waals surface area (Å²) in [5.74, 6) is -0.370. The monoisotopic (exact) mass is 356 g/mol. The predicted octanol–water partition coefficient (Wildman–Crippen LogP) is 3.73. The molecule has 0 saturated heterocycles. The Morgan fingerprint density at radius 2 is 2.00 bits per heavy atom. The normalized spacial score (nSPS) is 12.1. The van der Waals surface area contributed by atoms with Gasteiger partial charge in [-0.3, -0.25) is 4.79 Å². The molecule has 2 aromatic carbocycles. The molecule has 3 aromatic rings. The van der Waals surface area contributed by atoms with Crippen LogP contribution in [-0.4, -0.2) is 31.2 Å². The van der Waals surface area contributed by atoms with Crippen LogP contribution in [0.15, 0.2) is 53.7 Å². The second-order valence-corrected chi connectivity index (χ2v) is 6.84. The third-order valence-electron chi connectivity index (χ3n) is 3.79. The molecular weight excluding hydrogens is 339 g/mol. The topological polar surface area (TPSA) is 60.7 Å². The Morgan fingerprint density at radius 3 is 2.68 bits per heavy atom. The lowest BCUT2D eigenvalue weighted by Gasteiger charge is -2.10. The van der Waals surface area contributed by atoms with Crippen LogP contribution in [0.2, 0.25) is 0 Å². The summed E-state index contributed by atoms with van der Waals surface area (Å²) >= 11 is 1.25. The summed E-state index contributed by atoms with van der Waals surface area (Å²) in [5.41, 5.74) is 2.35. The number of halogens is 1. The van der Waals surface area contributed by atoms with Gasteiger partial charge in [-0.1, -0.05) is 49.0 Å². The first kappa shape index (κ1) is 17.3. The second kappa shape index (κ2) is 7.57. The standard InChI is InChI=1S/C18H17FN4OS/c1-3-13-7-9-14(10-8-13)17(24)12(2)25-18-20-21-22-23(18)16-6-4-5-15(19)11-16/h4-12H,3H2,1-2H3. The average Bonchev–Trinajstić information content (AvgIpc) is 3.09. The van der Waals surface area contributed by atoms with Gasteiger partial charge in [-0.2, -0.15) is 4.68 Å². The van der Waals surface area contributed by atoms with Crippen molar-refractivity contribution in [2.45, 2.75) is 30.7 Å². The van der Waals surface area contributed by atoms with Gasteiger partial charge in [0.05, 0.1) is 10.9 Å². The van der Waals surface area contributed by atoms with Gasteiger partial charge in [0.15, 0.2) is 5.78 Å². The number of nitrogens with zero attached hydrogens (tertiary/aromatic N) is 4. The number of carbonyl (C=O) groups is 1. The number of hydrogen-bond donors (Lipinski definition) is 0. The van der Waals surface area contributed by atoms with Crippen LogP contribution in [0.4, 0.5) is 4.39 Å². The Balaban J connectivity index is 1.78. The molecule has 1 heterocycles. The lowest BCUT2D eigenvalue weighted by Crippen LogP contribution is -2.14. The number of carbonyl (C=O) groups excluding carboxylic acids is 1. The molecular formula is C18H17FN4OS. The van der Waals surface area contributed by atoms with Gasteiger partial charge in [-0.15, -0.1) is 5.10 Å². The fraction of sp³-hybridized carbons (Fsp3) is 0.222. The minimum Gasteiger partial charge on any atom is -0.293 e. The van der Waals surface area contributed by atoms with Crippen molar-refractivity contribution in [3.63, 3.8) is 0 Å². The molecule has 3 rings (SSSR count). The van der Waals surface area contributed by atoms with Crippen molar-refractivity contribution in [2.24, 2.45) is 0 Å². The Kier molecular flexibility index (Phi) is 5.23. The Hall–Kier alpha value is -2.54. The molecule has 0 saturated carbocycles. The number of Topliss-reactive ketones (excluding diaryl/α,β-unsaturated/α-hetero) is 1. The fourth-order valence-corrected chi connectivity index (χ4v) is 3.26. The van der Waals surface area contributed by atoms with Crippen LogP contribution in [0, 0.1) is 5.82 Å². The molecule has 0 spiro atoms. The SMILES string of the molecule is CCc1ccc(C(=O)C(C)Sc2nnnn2-c2cccc(F)c2)cc1. The van der Waals surface area contributed by atoms with Gasteiger partial charge in [0.2, 0.25) is 5.16 Å². The van der Waals surface area contributed by atoms with Crippen molar-refractivity contribution in [3.8, 4) is 5.69 Å². The molecule has 1 unspecified atom stereocenters. The van der Waals surface area contributed by atoms with Gasteiger partial charge >= 0.3 is 0 Å². The first-order chi connectivity index (χ1) is 12.1. The van der Waals surface area contributed by atoms with E-state index in [9.17, 15) is 9.18 Å². The molecule has 0 aliphatic rings. The molecule has 0 fully saturated rings. The Bertz CT molecular complexity index is 879. The maximum atomic E-state index is 13.4. The second-order valence-electron chi connectivity index (χ2n) is 5.53. The molecule has 128 valence electrons. The molecule has 0 aliphatic carbocycles. The first-order valence-corrected chi connectivity index (χ1v) is 8.80. The van der Waals surface area contributed by atoms with Crippen molar-refractivity contribution in [1.29, 1.82) is 0 Å². The van der Waals surface area contributed by atoms with Crippen LogP contribution in [0.1, 0.15) is 29.8 Å². The Morgan fingerprint density at radius 1 is 1.24 bits per heavy atom. The largest absolute Gasteiger partial charge is 0.293 e. The van der Waals surface area contributed by atoms with Crippen LogP contribution in [0.25, 0.3) is 5.69 Å². The van der Waals surface area contributed by atoms with Crippen molar-refractivity contribution >= 4 is 17.5 Å². The maximum absolute atomic E-state index is 13.4. The zero-order valence-electron chi connectivity index (χ0n) is 13.9. The molecule has 0 N–H and O–H groups in total. The number of aromatic nitrogens is 4. The summed E-state index contributed by atoms with van der Waals surface area (Å²) in [7, 11) is 0. The Labute approximate surface area is 149 Å². The van der Waals surface area contributed by atoms with E-state index in [0.29, 0.717) is 16.4 Å². The van der Waals surface area contributed by atoms with Crippen LogP contribution in [0.5, 0.6) is 0 Å². The van der Waals surface area contributed by atoms with Gasteiger partial charge in [-0.25, -0.2) is 4.39 Å². The maximum Gasteiger partial charge on any atom is 0.214 e. The lowest BCUT2D eigenvalue weighted by molar-refractivity contribution is 0.0994. The number of ketones is 1. The van der Waals surface area contributed by atoms with Gasteiger partial charge in [-0.05, 0) is 47.5 Å². The number of aryl methyl sites for hydroxylation is 1. The van der Waals surface area contributed by atoms with E-state index in [0.717, 1.165) is 6.42 Å². The van der Waals surface area contributed by atoms with Gasteiger partial charge < -0.3 is 0 Å². The summed E-state index contributed by atoms with van der Waals surface area (Å²) in [6.07, 6.45) is 0.932. The minimum absolute atomic E-state index is 0.00134. The number of hydrogen-bond acceptors (Lipinski definition) is 5. The molecule has 0 radical (unpaired) electrons. The fourth-order valence-electron chi connectivity index (χ4n) is 2.37. The highest BCUT2D eigenvalue weighted by molar-refractivity contribution is 8.00. The number of thioether (sulfide) groups is 1. The van der Waals surface area contributed by atoms with Crippen molar-refractivity contribution in [3.05, 3.63) is 65.5 Å². The molecule has 5 nitrogen and oxygen atoms in total. The van der Waals surface area contributed by atoms with Gasteiger partial charge in [0, 0.05) is 5.56 Å². The van der Waals surface area contributed by atoms with E-state index in [4.69, 9.17) is 0 Å². The van der Waals surface area contributed by atoms with Crippen molar-refractivity contribution < 1.29 is 9.18 Å². The van der Waals surface area contributed by atoms with Crippen molar-refractivity contribution in [2.75, 3.05) is 0 Å². The van der Waals surface area contributed by atoms with Crippen LogP contribution in [0.3, 0.4) is 0 Å². The number of tetrazole rings is 1. The molecule has 25 heavy (non-hydrogen) atoms. The number of rotatable bonds is 6. The molecule has 1 aromatic heterocycles. The summed E-state index contributed by atoms with van der Waals surface area (Å²) in [6, 6.07) is 13.6. The minimum atomic E-state index is -0.371. The van der Waals surface area contributed by atoms with E-state index in [2.05, 4.69) is 22.4 Å². The molecule has 0 aliphatic heterocycles. The predicted molar refractivity (Wildman–Crippen MR) is 94.6 cm³/mol. The van der Waals surface area contributed by atoms with E-state index < -0.39 is 0 Å². The van der Waals surface area contributed by atoms with E-state index in [-0.39, 0.29) is 16.9 Å². The van der Waals surface area contributed by atoms with E-state index in [1.807, 2.05) is 31.2 Å². The van der Waals surface area contributed by atoms with Crippen LogP contribution in [-0.2, 0) is 6.42 Å². The van der Waals surface area contributed by atoms with Crippen LogP contribution < -0.4 is 0 Å². The summed E-state index contributed by atoms with van der Waals surface area (Å²) in [4.78, 5) is 12.6. The van der Waals surface area contributed by atoms with Gasteiger partial charge in [0.1, 0.15) is 5.82 Å². The summed E-state index contributed by atoms with van der Waals surface area (Å²) in [6.45, 7) is 3.88. The van der Waals surface area contributed by atoms with Crippen LogP contribution >= 0.6 is 11.8 Å². The highest BCUT2D eigenvalue weighted by Gasteiger charge is 2.20. The van der Waals surface area contributed by atoms with E-state index >= 15 is 0 Å². The highest BCUT2D eigenvalue weighted by atomic mass is 32.2. The third-order valence-corrected chi connectivity index (χ3v) is 4.82.